The highest BCUT2D eigenvalue weighted by atomic mass is 16.6. The average molecular weight is 252 g/mol. The molecule has 5 nitrogen and oxygen atoms in total. The zero-order valence-corrected chi connectivity index (χ0v) is 11.1. The number of benzene rings is 1. The molecule has 0 radical (unpaired) electrons. The van der Waals surface area contributed by atoms with E-state index in [1.165, 1.54) is 0 Å². The first kappa shape index (κ1) is 14.3. The summed E-state index contributed by atoms with van der Waals surface area (Å²) >= 11 is 0. The van der Waals surface area contributed by atoms with Crippen LogP contribution in [0.3, 0.4) is 0 Å². The Morgan fingerprint density at radius 2 is 2.17 bits per heavy atom. The van der Waals surface area contributed by atoms with Crippen LogP contribution < -0.4 is 10.1 Å². The molecule has 0 saturated heterocycles. The summed E-state index contributed by atoms with van der Waals surface area (Å²) < 4.78 is 5.47. The van der Waals surface area contributed by atoms with Gasteiger partial charge in [-0.05, 0) is 32.4 Å². The molecule has 0 spiro atoms. The summed E-state index contributed by atoms with van der Waals surface area (Å²) in [6, 6.07) is 5.10. The lowest BCUT2D eigenvalue weighted by Gasteiger charge is -2.13. The fourth-order valence-corrected chi connectivity index (χ4v) is 1.60. The normalized spacial score (nSPS) is 10.4. The topological polar surface area (TPSA) is 64.4 Å². The van der Waals surface area contributed by atoms with E-state index < -0.39 is 4.92 Å². The Hall–Kier alpha value is -1.78. The Kier molecular flexibility index (Phi) is 5.42. The van der Waals surface area contributed by atoms with Gasteiger partial charge in [-0.15, -0.1) is 0 Å². The van der Waals surface area contributed by atoms with Gasteiger partial charge in [0.05, 0.1) is 11.0 Å². The predicted molar refractivity (Wildman–Crippen MR) is 72.3 cm³/mol. The standard InChI is InChI=1S/C13H20N2O3/c1-4-5-9-14-11-7-6-8-12(18-10(2)3)13(11)15(16)17/h6-8,10,14H,4-5,9H2,1-3H3. The lowest BCUT2D eigenvalue weighted by Crippen LogP contribution is -2.09. The number of ether oxygens (including phenoxy) is 1. The van der Waals surface area contributed by atoms with Crippen LogP contribution in [0.5, 0.6) is 5.75 Å². The van der Waals surface area contributed by atoms with Crippen molar-refractivity contribution < 1.29 is 9.66 Å². The van der Waals surface area contributed by atoms with Gasteiger partial charge in [-0.25, -0.2) is 0 Å². The van der Waals surface area contributed by atoms with E-state index in [0.29, 0.717) is 11.4 Å². The highest BCUT2D eigenvalue weighted by molar-refractivity contribution is 5.68. The molecule has 0 fully saturated rings. The average Bonchev–Trinajstić information content (AvgIpc) is 2.28. The minimum absolute atomic E-state index is 0.0160. The first-order chi connectivity index (χ1) is 8.56. The molecule has 0 aromatic heterocycles. The summed E-state index contributed by atoms with van der Waals surface area (Å²) in [7, 11) is 0. The Morgan fingerprint density at radius 3 is 2.72 bits per heavy atom. The molecule has 100 valence electrons. The van der Waals surface area contributed by atoms with Crippen LogP contribution in [0.1, 0.15) is 33.6 Å². The van der Waals surface area contributed by atoms with Crippen molar-refractivity contribution in [3.05, 3.63) is 28.3 Å². The Bertz CT molecular complexity index is 405. The zero-order valence-electron chi connectivity index (χ0n) is 11.1. The smallest absolute Gasteiger partial charge is 0.333 e. The number of unbranched alkanes of at least 4 members (excludes halogenated alkanes) is 1. The van der Waals surface area contributed by atoms with Gasteiger partial charge in [0.1, 0.15) is 5.69 Å². The van der Waals surface area contributed by atoms with Gasteiger partial charge in [0, 0.05) is 6.54 Å². The molecular weight excluding hydrogens is 232 g/mol. The molecule has 1 aromatic carbocycles. The van der Waals surface area contributed by atoms with Crippen molar-refractivity contribution in [3.8, 4) is 5.75 Å². The van der Waals surface area contributed by atoms with E-state index in [-0.39, 0.29) is 11.8 Å². The number of hydrogen-bond acceptors (Lipinski definition) is 4. The number of anilines is 1. The van der Waals surface area contributed by atoms with Crippen molar-refractivity contribution in [1.29, 1.82) is 0 Å². The van der Waals surface area contributed by atoms with Crippen molar-refractivity contribution in [2.75, 3.05) is 11.9 Å². The maximum Gasteiger partial charge on any atom is 0.333 e. The molecule has 0 atom stereocenters. The minimum Gasteiger partial charge on any atom is -0.484 e. The van der Waals surface area contributed by atoms with Gasteiger partial charge in [0.15, 0.2) is 5.75 Å². The second-order valence-corrected chi connectivity index (χ2v) is 4.36. The molecule has 0 aliphatic carbocycles. The molecular formula is C13H20N2O3. The maximum atomic E-state index is 11.1. The number of nitrogens with zero attached hydrogens (tertiary/aromatic N) is 1. The number of para-hydroxylation sites is 1. The third-order valence-corrected chi connectivity index (χ3v) is 2.39. The van der Waals surface area contributed by atoms with Crippen LogP contribution in [-0.4, -0.2) is 17.6 Å². The fraction of sp³-hybridized carbons (Fsp3) is 0.538. The van der Waals surface area contributed by atoms with Crippen LogP contribution in [0.4, 0.5) is 11.4 Å². The molecule has 0 amide bonds. The van der Waals surface area contributed by atoms with Crippen LogP contribution in [0.15, 0.2) is 18.2 Å². The molecule has 0 aliphatic heterocycles. The summed E-state index contributed by atoms with van der Waals surface area (Å²) in [6.45, 7) is 6.50. The van der Waals surface area contributed by atoms with Crippen LogP contribution in [0.2, 0.25) is 0 Å². The SMILES string of the molecule is CCCCNc1cccc(OC(C)C)c1[N+](=O)[O-]. The van der Waals surface area contributed by atoms with Crippen LogP contribution in [-0.2, 0) is 0 Å². The van der Waals surface area contributed by atoms with Gasteiger partial charge in [0.25, 0.3) is 0 Å². The van der Waals surface area contributed by atoms with Crippen molar-refractivity contribution in [3.63, 3.8) is 0 Å². The molecule has 18 heavy (non-hydrogen) atoms. The van der Waals surface area contributed by atoms with E-state index in [9.17, 15) is 10.1 Å². The van der Waals surface area contributed by atoms with Gasteiger partial charge >= 0.3 is 5.69 Å². The summed E-state index contributed by atoms with van der Waals surface area (Å²) in [4.78, 5) is 10.7. The first-order valence-corrected chi connectivity index (χ1v) is 6.24. The summed E-state index contributed by atoms with van der Waals surface area (Å²) in [5.41, 5.74) is 0.536. The van der Waals surface area contributed by atoms with Crippen LogP contribution >= 0.6 is 0 Å². The van der Waals surface area contributed by atoms with E-state index in [1.807, 2.05) is 13.8 Å². The highest BCUT2D eigenvalue weighted by Crippen LogP contribution is 2.35. The second-order valence-electron chi connectivity index (χ2n) is 4.36. The maximum absolute atomic E-state index is 11.1. The molecule has 1 rings (SSSR count). The van der Waals surface area contributed by atoms with Gasteiger partial charge in [-0.3, -0.25) is 10.1 Å². The third-order valence-electron chi connectivity index (χ3n) is 2.39. The monoisotopic (exact) mass is 252 g/mol. The second kappa shape index (κ2) is 6.83. The first-order valence-electron chi connectivity index (χ1n) is 6.24. The van der Waals surface area contributed by atoms with Gasteiger partial charge in [-0.2, -0.15) is 0 Å². The zero-order chi connectivity index (χ0) is 13.5. The number of nitro benzene ring substituents is 1. The molecule has 1 aromatic rings. The summed E-state index contributed by atoms with van der Waals surface area (Å²) in [6.07, 6.45) is 1.93. The van der Waals surface area contributed by atoms with Crippen LogP contribution in [0, 0.1) is 10.1 Å². The summed E-state index contributed by atoms with van der Waals surface area (Å²) in [5.74, 6) is 0.316. The van der Waals surface area contributed by atoms with Gasteiger partial charge in [-0.1, -0.05) is 19.4 Å². The van der Waals surface area contributed by atoms with E-state index in [2.05, 4.69) is 12.2 Å². The lowest BCUT2D eigenvalue weighted by molar-refractivity contribution is -0.385. The van der Waals surface area contributed by atoms with Crippen molar-refractivity contribution in [2.24, 2.45) is 0 Å². The molecule has 0 unspecified atom stereocenters. The van der Waals surface area contributed by atoms with E-state index in [4.69, 9.17) is 4.74 Å². The Balaban J connectivity index is 2.98. The van der Waals surface area contributed by atoms with Crippen molar-refractivity contribution >= 4 is 11.4 Å². The highest BCUT2D eigenvalue weighted by Gasteiger charge is 2.21. The number of nitrogens with one attached hydrogen (secondary N) is 1. The molecule has 0 bridgehead atoms. The fourth-order valence-electron chi connectivity index (χ4n) is 1.60. The molecule has 5 heteroatoms. The van der Waals surface area contributed by atoms with E-state index in [0.717, 1.165) is 19.4 Å². The van der Waals surface area contributed by atoms with E-state index in [1.54, 1.807) is 18.2 Å². The molecule has 0 aliphatic rings. The minimum atomic E-state index is -0.397. The van der Waals surface area contributed by atoms with Gasteiger partial charge < -0.3 is 10.1 Å². The van der Waals surface area contributed by atoms with Gasteiger partial charge in [0.2, 0.25) is 0 Å². The quantitative estimate of drug-likeness (QED) is 0.457. The lowest BCUT2D eigenvalue weighted by atomic mass is 10.2. The molecule has 1 N–H and O–H groups in total. The number of rotatable bonds is 7. The largest absolute Gasteiger partial charge is 0.484 e. The predicted octanol–water partition coefficient (Wildman–Crippen LogP) is 3.59. The Labute approximate surface area is 107 Å². The third kappa shape index (κ3) is 3.91. The van der Waals surface area contributed by atoms with E-state index >= 15 is 0 Å². The van der Waals surface area contributed by atoms with Crippen molar-refractivity contribution in [1.82, 2.24) is 0 Å². The number of hydrogen-bond donors (Lipinski definition) is 1. The molecule has 0 saturated carbocycles. The van der Waals surface area contributed by atoms with Crippen LogP contribution in [0.25, 0.3) is 0 Å². The summed E-state index contributed by atoms with van der Waals surface area (Å²) in [5, 5.41) is 14.2. The number of nitro groups is 1. The molecule has 0 heterocycles. The Morgan fingerprint density at radius 1 is 1.44 bits per heavy atom. The van der Waals surface area contributed by atoms with Crippen molar-refractivity contribution in [2.45, 2.75) is 39.7 Å².